The van der Waals surface area contributed by atoms with Crippen molar-refractivity contribution >= 4 is 31.3 Å². The quantitative estimate of drug-likeness (QED) is 0.497. The average Bonchev–Trinajstić information content (AvgIpc) is 3.18. The van der Waals surface area contributed by atoms with Crippen molar-refractivity contribution in [1.29, 1.82) is 0 Å². The van der Waals surface area contributed by atoms with Gasteiger partial charge in [-0.3, -0.25) is 5.10 Å². The normalized spacial score (nSPS) is 12.7. The van der Waals surface area contributed by atoms with E-state index < -0.39 is 43.1 Å². The van der Waals surface area contributed by atoms with Gasteiger partial charge in [-0.1, -0.05) is 29.8 Å². The van der Waals surface area contributed by atoms with Gasteiger partial charge in [-0.05, 0) is 29.8 Å². The number of alkyl halides is 3. The second kappa shape index (κ2) is 8.99. The minimum absolute atomic E-state index is 0.0661. The molecule has 13 heteroatoms. The van der Waals surface area contributed by atoms with Crippen molar-refractivity contribution in [1.82, 2.24) is 10.2 Å². The molecule has 0 atom stereocenters. The van der Waals surface area contributed by atoms with E-state index in [2.05, 4.69) is 5.10 Å². The van der Waals surface area contributed by atoms with Crippen molar-refractivity contribution in [2.45, 2.75) is 11.1 Å². The first kappa shape index (κ1) is 25.1. The first-order valence-corrected chi connectivity index (χ1v) is 13.3. The average molecular weight is 523 g/mol. The van der Waals surface area contributed by atoms with E-state index in [1.165, 1.54) is 49.6 Å². The fraction of sp³-hybridized carbons (Fsp3) is 0.250. The van der Waals surface area contributed by atoms with Crippen molar-refractivity contribution in [3.05, 3.63) is 53.2 Å². The molecule has 1 N–H and O–H groups in total. The third kappa shape index (κ3) is 5.68. The number of nitrogens with zero attached hydrogens (tertiary/aromatic N) is 1. The van der Waals surface area contributed by atoms with E-state index in [0.29, 0.717) is 0 Å². The van der Waals surface area contributed by atoms with E-state index in [9.17, 15) is 30.0 Å². The number of ether oxygens (including phenoxy) is 1. The Morgan fingerprint density at radius 2 is 1.61 bits per heavy atom. The van der Waals surface area contributed by atoms with Gasteiger partial charge in [0.05, 0.1) is 28.5 Å². The van der Waals surface area contributed by atoms with Gasteiger partial charge in [0, 0.05) is 17.4 Å². The predicted octanol–water partition coefficient (Wildman–Crippen LogP) is 4.24. The maximum absolute atomic E-state index is 13.7. The summed E-state index contributed by atoms with van der Waals surface area (Å²) in [5.74, 6) is -0.877. The minimum Gasteiger partial charge on any atom is -0.495 e. The van der Waals surface area contributed by atoms with Gasteiger partial charge in [-0.2, -0.15) is 18.3 Å². The van der Waals surface area contributed by atoms with Crippen LogP contribution in [-0.2, 0) is 25.9 Å². The number of nitrogens with one attached hydrogen (secondary N) is 1. The molecular weight excluding hydrogens is 505 g/mol. The molecule has 0 spiro atoms. The molecule has 3 aromatic rings. The molecule has 0 aliphatic heterocycles. The highest BCUT2D eigenvalue weighted by molar-refractivity contribution is 7.94. The first-order valence-electron chi connectivity index (χ1n) is 9.23. The van der Waals surface area contributed by atoms with Crippen molar-refractivity contribution < 1.29 is 34.7 Å². The Morgan fingerprint density at radius 1 is 1.00 bits per heavy atom. The van der Waals surface area contributed by atoms with Gasteiger partial charge in [0.2, 0.25) is 0 Å². The van der Waals surface area contributed by atoms with Gasteiger partial charge in [-0.25, -0.2) is 16.8 Å². The molecule has 1 heterocycles. The summed E-state index contributed by atoms with van der Waals surface area (Å²) in [4.78, 5) is -0.157. The summed E-state index contributed by atoms with van der Waals surface area (Å²) in [5.41, 5.74) is -1.08. The summed E-state index contributed by atoms with van der Waals surface area (Å²) in [5, 5.41) is 5.92. The molecule has 0 amide bonds. The molecule has 0 saturated carbocycles. The fourth-order valence-electron chi connectivity index (χ4n) is 3.06. The SMILES string of the molecule is COc1ccc(-c2c(-c3ccc(S(=O)(=O)CCS(C)(=O)=O)cc3)n[nH]c2C(F)(F)F)cc1Cl. The molecule has 0 radical (unpaired) electrons. The van der Waals surface area contributed by atoms with Gasteiger partial charge < -0.3 is 4.74 Å². The highest BCUT2D eigenvalue weighted by Gasteiger charge is 2.38. The van der Waals surface area contributed by atoms with Crippen LogP contribution in [0.1, 0.15) is 5.69 Å². The number of benzene rings is 2. The van der Waals surface area contributed by atoms with E-state index in [1.54, 1.807) is 0 Å². The number of hydrogen-bond acceptors (Lipinski definition) is 6. The van der Waals surface area contributed by atoms with Crippen LogP contribution in [0.5, 0.6) is 5.75 Å². The maximum atomic E-state index is 13.7. The lowest BCUT2D eigenvalue weighted by Crippen LogP contribution is -2.16. The third-order valence-corrected chi connectivity index (χ3v) is 7.93. The summed E-state index contributed by atoms with van der Waals surface area (Å²) in [6, 6.07) is 9.13. The van der Waals surface area contributed by atoms with Crippen LogP contribution in [0, 0.1) is 0 Å². The number of methoxy groups -OCH3 is 1. The molecule has 0 saturated heterocycles. The largest absolute Gasteiger partial charge is 0.495 e. The Bertz CT molecular complexity index is 1380. The van der Waals surface area contributed by atoms with Crippen molar-refractivity contribution in [3.8, 4) is 28.1 Å². The van der Waals surface area contributed by atoms with E-state index in [-0.39, 0.29) is 38.1 Å². The Hall–Kier alpha value is -2.57. The van der Waals surface area contributed by atoms with E-state index in [4.69, 9.17) is 16.3 Å². The lowest BCUT2D eigenvalue weighted by atomic mass is 9.98. The summed E-state index contributed by atoms with van der Waals surface area (Å²) in [7, 11) is -6.03. The molecule has 0 aliphatic carbocycles. The molecular formula is C20H18ClF3N2O5S2. The molecule has 1 aromatic heterocycles. The van der Waals surface area contributed by atoms with Gasteiger partial charge in [0.25, 0.3) is 0 Å². The Balaban J connectivity index is 2.07. The van der Waals surface area contributed by atoms with E-state index >= 15 is 0 Å². The molecule has 0 unspecified atom stereocenters. The van der Waals surface area contributed by atoms with Crippen LogP contribution < -0.4 is 4.74 Å². The zero-order chi connectivity index (χ0) is 24.6. The smallest absolute Gasteiger partial charge is 0.433 e. The first-order chi connectivity index (χ1) is 15.2. The van der Waals surface area contributed by atoms with E-state index in [0.717, 1.165) is 6.26 Å². The van der Waals surface area contributed by atoms with Gasteiger partial charge in [0.1, 0.15) is 27.0 Å². The monoisotopic (exact) mass is 522 g/mol. The number of aromatic nitrogens is 2. The van der Waals surface area contributed by atoms with Crippen LogP contribution >= 0.6 is 11.6 Å². The Labute approximate surface area is 193 Å². The zero-order valence-electron chi connectivity index (χ0n) is 17.3. The predicted molar refractivity (Wildman–Crippen MR) is 118 cm³/mol. The van der Waals surface area contributed by atoms with Crippen LogP contribution in [0.3, 0.4) is 0 Å². The molecule has 0 fully saturated rings. The summed E-state index contributed by atoms with van der Waals surface area (Å²) in [6.07, 6.45) is -3.82. The fourth-order valence-corrected chi connectivity index (χ4v) is 6.19. The number of halogens is 4. The maximum Gasteiger partial charge on any atom is 0.433 e. The summed E-state index contributed by atoms with van der Waals surface area (Å²) < 4.78 is 93.3. The lowest BCUT2D eigenvalue weighted by molar-refractivity contribution is -0.140. The standard InChI is InChI=1S/C20H18ClF3N2O5S2/c1-31-16-8-5-13(11-15(16)21)17-18(25-26-19(17)20(22,23)24)12-3-6-14(7-4-12)33(29,30)10-9-32(2,27)28/h3-8,11H,9-10H2,1-2H3,(H,25,26). The van der Waals surface area contributed by atoms with E-state index in [1.807, 2.05) is 5.10 Å². The minimum atomic E-state index is -4.75. The van der Waals surface area contributed by atoms with Crippen LogP contribution in [0.25, 0.3) is 22.4 Å². The van der Waals surface area contributed by atoms with Crippen molar-refractivity contribution in [2.75, 3.05) is 24.9 Å². The molecule has 0 bridgehead atoms. The zero-order valence-corrected chi connectivity index (χ0v) is 19.7. The number of aromatic amines is 1. The molecule has 7 nitrogen and oxygen atoms in total. The second-order valence-electron chi connectivity index (χ2n) is 7.14. The van der Waals surface area contributed by atoms with Crippen LogP contribution in [0.15, 0.2) is 47.4 Å². The Kier molecular flexibility index (Phi) is 6.83. The number of hydrogen-bond donors (Lipinski definition) is 1. The number of sulfone groups is 2. The van der Waals surface area contributed by atoms with Gasteiger partial charge in [0.15, 0.2) is 9.84 Å². The summed E-state index contributed by atoms with van der Waals surface area (Å²) >= 11 is 6.10. The second-order valence-corrected chi connectivity index (χ2v) is 11.9. The topological polar surface area (TPSA) is 106 Å². The highest BCUT2D eigenvalue weighted by atomic mass is 35.5. The number of H-pyrrole nitrogens is 1. The van der Waals surface area contributed by atoms with Crippen LogP contribution in [0.4, 0.5) is 13.2 Å². The third-order valence-electron chi connectivity index (χ3n) is 4.70. The Morgan fingerprint density at radius 3 is 2.12 bits per heavy atom. The molecule has 2 aromatic carbocycles. The number of rotatable bonds is 7. The van der Waals surface area contributed by atoms with Gasteiger partial charge >= 0.3 is 6.18 Å². The van der Waals surface area contributed by atoms with Crippen LogP contribution in [0.2, 0.25) is 5.02 Å². The van der Waals surface area contributed by atoms with Gasteiger partial charge in [-0.15, -0.1) is 0 Å². The summed E-state index contributed by atoms with van der Waals surface area (Å²) in [6.45, 7) is 0. The van der Waals surface area contributed by atoms with Crippen molar-refractivity contribution in [2.24, 2.45) is 0 Å². The molecule has 178 valence electrons. The lowest BCUT2D eigenvalue weighted by Gasteiger charge is -2.11. The van der Waals surface area contributed by atoms with Crippen molar-refractivity contribution in [3.63, 3.8) is 0 Å². The molecule has 3 rings (SSSR count). The highest BCUT2D eigenvalue weighted by Crippen LogP contribution is 2.42. The molecule has 0 aliphatic rings. The molecule has 33 heavy (non-hydrogen) atoms. The van der Waals surface area contributed by atoms with Crippen LogP contribution in [-0.4, -0.2) is 51.9 Å².